The van der Waals surface area contributed by atoms with Gasteiger partial charge in [-0.2, -0.15) is 0 Å². The number of hydrogen-bond acceptors (Lipinski definition) is 3. The summed E-state index contributed by atoms with van der Waals surface area (Å²) in [6.45, 7) is 6.22. The van der Waals surface area contributed by atoms with Crippen LogP contribution in [-0.2, 0) is 0 Å². The number of ether oxygens (including phenoxy) is 1. The average Bonchev–Trinajstić information content (AvgIpc) is 2.55. The summed E-state index contributed by atoms with van der Waals surface area (Å²) >= 11 is 0. The van der Waals surface area contributed by atoms with Crippen LogP contribution in [0, 0.1) is 0 Å². The Kier molecular flexibility index (Phi) is 1.74. The number of nitrogens with one attached hydrogen (secondary N) is 1. The molecule has 1 aromatic carbocycles. The molecule has 0 saturated carbocycles. The molecule has 0 spiro atoms. The second-order valence-electron chi connectivity index (χ2n) is 4.74. The Morgan fingerprint density at radius 2 is 2.20 bits per heavy atom. The minimum Gasteiger partial charge on any atom is -0.489 e. The third-order valence-electron chi connectivity index (χ3n) is 3.29. The van der Waals surface area contributed by atoms with Gasteiger partial charge in [0.05, 0.1) is 17.4 Å². The maximum atomic E-state index is 5.75. The molecule has 2 heterocycles. The molecule has 1 unspecified atom stereocenters. The number of benzene rings is 1. The van der Waals surface area contributed by atoms with Crippen molar-refractivity contribution in [3.05, 3.63) is 24.3 Å². The normalized spacial score (nSPS) is 26.8. The van der Waals surface area contributed by atoms with Crippen LogP contribution in [0.5, 0.6) is 5.75 Å². The van der Waals surface area contributed by atoms with Crippen molar-refractivity contribution in [2.45, 2.75) is 25.6 Å². The van der Waals surface area contributed by atoms with Gasteiger partial charge in [-0.05, 0) is 26.0 Å². The van der Waals surface area contributed by atoms with Gasteiger partial charge in [0.2, 0.25) is 0 Å². The fourth-order valence-electron chi connectivity index (χ4n) is 2.60. The summed E-state index contributed by atoms with van der Waals surface area (Å²) in [5, 5.41) is 3.52. The van der Waals surface area contributed by atoms with Crippen molar-refractivity contribution in [3.63, 3.8) is 0 Å². The molecule has 0 aromatic heterocycles. The highest BCUT2D eigenvalue weighted by molar-refractivity contribution is 5.63. The van der Waals surface area contributed by atoms with Crippen molar-refractivity contribution < 1.29 is 4.74 Å². The summed E-state index contributed by atoms with van der Waals surface area (Å²) in [6.07, 6.45) is 0. The fraction of sp³-hybridized carbons (Fsp3) is 0.500. The molecule has 1 N–H and O–H groups in total. The second kappa shape index (κ2) is 2.89. The smallest absolute Gasteiger partial charge is 0.142 e. The Morgan fingerprint density at radius 3 is 3.07 bits per heavy atom. The second-order valence-corrected chi connectivity index (χ2v) is 4.74. The van der Waals surface area contributed by atoms with Gasteiger partial charge in [0.25, 0.3) is 0 Å². The summed E-state index contributed by atoms with van der Waals surface area (Å²) in [5.41, 5.74) is 1.24. The van der Waals surface area contributed by atoms with E-state index in [1.165, 1.54) is 5.69 Å². The Labute approximate surface area is 90.0 Å². The SMILES string of the molecule is CC1(C)NCC2COc3ccccc3N21. The molecule has 2 aliphatic heterocycles. The molecular formula is C12H16N2O. The topological polar surface area (TPSA) is 24.5 Å². The maximum absolute atomic E-state index is 5.75. The van der Waals surface area contributed by atoms with Crippen molar-refractivity contribution in [1.29, 1.82) is 0 Å². The largest absolute Gasteiger partial charge is 0.489 e. The van der Waals surface area contributed by atoms with Crippen molar-refractivity contribution in [2.24, 2.45) is 0 Å². The summed E-state index contributed by atoms with van der Waals surface area (Å²) < 4.78 is 5.75. The van der Waals surface area contributed by atoms with E-state index >= 15 is 0 Å². The monoisotopic (exact) mass is 204 g/mol. The third-order valence-corrected chi connectivity index (χ3v) is 3.29. The molecule has 3 rings (SSSR count). The van der Waals surface area contributed by atoms with E-state index < -0.39 is 0 Å². The van der Waals surface area contributed by atoms with Gasteiger partial charge in [0.1, 0.15) is 12.4 Å². The van der Waals surface area contributed by atoms with E-state index in [4.69, 9.17) is 4.74 Å². The van der Waals surface area contributed by atoms with Crippen LogP contribution in [0.1, 0.15) is 13.8 Å². The zero-order valence-corrected chi connectivity index (χ0v) is 9.16. The van der Waals surface area contributed by atoms with Crippen LogP contribution >= 0.6 is 0 Å². The molecule has 15 heavy (non-hydrogen) atoms. The lowest BCUT2D eigenvalue weighted by Crippen LogP contribution is -2.51. The van der Waals surface area contributed by atoms with Gasteiger partial charge in [-0.15, -0.1) is 0 Å². The molecule has 0 radical (unpaired) electrons. The first-order valence-corrected chi connectivity index (χ1v) is 5.45. The van der Waals surface area contributed by atoms with E-state index in [2.05, 4.69) is 36.2 Å². The molecule has 1 fully saturated rings. The highest BCUT2D eigenvalue weighted by Gasteiger charge is 2.42. The number of hydrogen-bond donors (Lipinski definition) is 1. The molecule has 80 valence electrons. The van der Waals surface area contributed by atoms with Crippen LogP contribution in [0.2, 0.25) is 0 Å². The zero-order chi connectivity index (χ0) is 10.5. The molecule has 3 nitrogen and oxygen atoms in total. The molecule has 0 amide bonds. The molecular weight excluding hydrogens is 188 g/mol. The fourth-order valence-corrected chi connectivity index (χ4v) is 2.60. The standard InChI is InChI=1S/C12H16N2O/c1-12(2)13-7-9-8-15-11-6-4-3-5-10(11)14(9)12/h3-6,9,13H,7-8H2,1-2H3. The molecule has 0 aliphatic carbocycles. The molecule has 1 saturated heterocycles. The van der Waals surface area contributed by atoms with Gasteiger partial charge in [-0.1, -0.05) is 12.1 Å². The number of rotatable bonds is 0. The maximum Gasteiger partial charge on any atom is 0.142 e. The lowest BCUT2D eigenvalue weighted by molar-refractivity contribution is 0.268. The van der Waals surface area contributed by atoms with Crippen molar-refractivity contribution in [3.8, 4) is 5.75 Å². The van der Waals surface area contributed by atoms with E-state index in [0.29, 0.717) is 6.04 Å². The minimum atomic E-state index is 0.0323. The number of fused-ring (bicyclic) bond motifs is 3. The molecule has 2 aliphatic rings. The summed E-state index contributed by atoms with van der Waals surface area (Å²) in [6, 6.07) is 8.74. The van der Waals surface area contributed by atoms with E-state index in [0.717, 1.165) is 18.9 Å². The Balaban J connectivity index is 2.10. The van der Waals surface area contributed by atoms with Gasteiger partial charge in [-0.3, -0.25) is 5.32 Å². The Bertz CT molecular complexity index is 389. The van der Waals surface area contributed by atoms with Gasteiger partial charge >= 0.3 is 0 Å². The van der Waals surface area contributed by atoms with Crippen LogP contribution in [0.4, 0.5) is 5.69 Å². The predicted molar refractivity (Wildman–Crippen MR) is 60.3 cm³/mol. The lowest BCUT2D eigenvalue weighted by atomic mass is 10.1. The first-order valence-electron chi connectivity index (χ1n) is 5.45. The molecule has 1 atom stereocenters. The van der Waals surface area contributed by atoms with E-state index in [9.17, 15) is 0 Å². The molecule has 1 aromatic rings. The van der Waals surface area contributed by atoms with Gasteiger partial charge in [0.15, 0.2) is 0 Å². The average molecular weight is 204 g/mol. The van der Waals surface area contributed by atoms with Crippen LogP contribution in [-0.4, -0.2) is 24.9 Å². The van der Waals surface area contributed by atoms with E-state index in [-0.39, 0.29) is 5.66 Å². The zero-order valence-electron chi connectivity index (χ0n) is 9.16. The molecule has 0 bridgehead atoms. The van der Waals surface area contributed by atoms with Crippen molar-refractivity contribution in [2.75, 3.05) is 18.1 Å². The number of nitrogens with zero attached hydrogens (tertiary/aromatic N) is 1. The summed E-state index contributed by atoms with van der Waals surface area (Å²) in [7, 11) is 0. The highest BCUT2D eigenvalue weighted by atomic mass is 16.5. The summed E-state index contributed by atoms with van der Waals surface area (Å²) in [5.74, 6) is 1.01. The number of para-hydroxylation sites is 2. The van der Waals surface area contributed by atoms with Gasteiger partial charge < -0.3 is 9.64 Å². The van der Waals surface area contributed by atoms with Crippen molar-refractivity contribution >= 4 is 5.69 Å². The van der Waals surface area contributed by atoms with Crippen molar-refractivity contribution in [1.82, 2.24) is 5.32 Å². The van der Waals surface area contributed by atoms with Crippen LogP contribution in [0.15, 0.2) is 24.3 Å². The van der Waals surface area contributed by atoms with Crippen LogP contribution < -0.4 is 15.0 Å². The number of anilines is 1. The van der Waals surface area contributed by atoms with E-state index in [1.54, 1.807) is 0 Å². The third kappa shape index (κ3) is 1.23. The first-order chi connectivity index (χ1) is 7.18. The lowest BCUT2D eigenvalue weighted by Gasteiger charge is -2.40. The summed E-state index contributed by atoms with van der Waals surface area (Å²) in [4.78, 5) is 2.44. The van der Waals surface area contributed by atoms with E-state index in [1.807, 2.05) is 12.1 Å². The van der Waals surface area contributed by atoms with Gasteiger partial charge in [-0.25, -0.2) is 0 Å². The highest BCUT2D eigenvalue weighted by Crippen LogP contribution is 2.39. The quantitative estimate of drug-likeness (QED) is 0.694. The predicted octanol–water partition coefficient (Wildman–Crippen LogP) is 1.59. The molecule has 3 heteroatoms. The van der Waals surface area contributed by atoms with Gasteiger partial charge in [0, 0.05) is 6.54 Å². The first kappa shape index (κ1) is 9.04. The Hall–Kier alpha value is -1.22. The van der Waals surface area contributed by atoms with Crippen LogP contribution in [0.25, 0.3) is 0 Å². The van der Waals surface area contributed by atoms with Crippen LogP contribution in [0.3, 0.4) is 0 Å². The Morgan fingerprint density at radius 1 is 1.40 bits per heavy atom. The minimum absolute atomic E-state index is 0.0323.